The zero-order valence-corrected chi connectivity index (χ0v) is 20.7. The van der Waals surface area contributed by atoms with Crippen LogP contribution in [-0.2, 0) is 16.0 Å². The number of carbonyl (C=O) groups is 1. The number of hydrogen-bond acceptors (Lipinski definition) is 6. The lowest BCUT2D eigenvalue weighted by Gasteiger charge is -2.42. The van der Waals surface area contributed by atoms with Gasteiger partial charge in [-0.2, -0.15) is 5.26 Å². The molecule has 1 spiro atoms. The zero-order chi connectivity index (χ0) is 25.5. The molecule has 2 fully saturated rings. The van der Waals surface area contributed by atoms with E-state index in [2.05, 4.69) is 28.8 Å². The van der Waals surface area contributed by atoms with Crippen molar-refractivity contribution in [3.8, 4) is 17.2 Å². The van der Waals surface area contributed by atoms with E-state index in [1.54, 1.807) is 6.07 Å². The molecule has 5 rings (SSSR count). The molecule has 0 radical (unpaired) electrons. The highest BCUT2D eigenvalue weighted by Crippen LogP contribution is 2.39. The van der Waals surface area contributed by atoms with Gasteiger partial charge in [-0.1, -0.05) is 50.2 Å². The Bertz CT molecular complexity index is 1300. The van der Waals surface area contributed by atoms with Crippen LogP contribution in [0.1, 0.15) is 35.1 Å². The summed E-state index contributed by atoms with van der Waals surface area (Å²) >= 11 is 0. The molecule has 36 heavy (non-hydrogen) atoms. The average Bonchev–Trinajstić information content (AvgIpc) is 3.13. The molecule has 2 atom stereocenters. The van der Waals surface area contributed by atoms with Gasteiger partial charge >= 0.3 is 5.63 Å². The highest BCUT2D eigenvalue weighted by Gasteiger charge is 2.43. The number of rotatable bonds is 5. The molecule has 190 valence electrons. The van der Waals surface area contributed by atoms with E-state index in [1.165, 1.54) is 0 Å². The minimum atomic E-state index is -0.594. The third-order valence-electron chi connectivity index (χ3n) is 6.77. The van der Waals surface area contributed by atoms with E-state index in [0.717, 1.165) is 36.1 Å². The van der Waals surface area contributed by atoms with Crippen molar-refractivity contribution in [2.75, 3.05) is 26.3 Å². The van der Waals surface area contributed by atoms with Crippen LogP contribution in [0.2, 0.25) is 0 Å². The van der Waals surface area contributed by atoms with Crippen molar-refractivity contribution in [1.82, 2.24) is 10.6 Å². The summed E-state index contributed by atoms with van der Waals surface area (Å²) in [5, 5.41) is 16.6. The van der Waals surface area contributed by atoms with Crippen LogP contribution in [0.3, 0.4) is 0 Å². The smallest absolute Gasteiger partial charge is 0.390 e. The summed E-state index contributed by atoms with van der Waals surface area (Å²) in [7, 11) is 0. The van der Waals surface area contributed by atoms with Crippen LogP contribution in [0.5, 0.6) is 0 Å². The number of hydrogen-bond donors (Lipinski definition) is 2. The topological polar surface area (TPSA) is 104 Å². The molecule has 0 saturated carbocycles. The lowest BCUT2D eigenvalue weighted by molar-refractivity contribution is -0.138. The van der Waals surface area contributed by atoms with Crippen molar-refractivity contribution in [2.24, 2.45) is 11.3 Å². The minimum absolute atomic E-state index is 0. The van der Waals surface area contributed by atoms with Crippen molar-refractivity contribution in [2.45, 2.75) is 39.2 Å². The SMILES string of the molecule is CC.N#C[C@H](Cc1ccc(-c2ccc3oc(=O)c#cc3c2)cc1)NC(=O)C1CNCCC2(COC2)C1.[HH].[HH]. The molecule has 2 N–H and O–H groups in total. The molecule has 1 aromatic heterocycles. The van der Waals surface area contributed by atoms with Gasteiger partial charge in [0.05, 0.1) is 30.6 Å². The van der Waals surface area contributed by atoms with Gasteiger partial charge in [-0.3, -0.25) is 4.79 Å². The van der Waals surface area contributed by atoms with Gasteiger partial charge in [-0.15, -0.1) is 0 Å². The average molecular weight is 490 g/mol. The molecule has 7 heteroatoms. The fourth-order valence-corrected chi connectivity index (χ4v) is 4.79. The molecule has 2 aliphatic rings. The highest BCUT2D eigenvalue weighted by molar-refractivity contribution is 5.82. The maximum absolute atomic E-state index is 12.9. The van der Waals surface area contributed by atoms with E-state index < -0.39 is 11.7 Å². The van der Waals surface area contributed by atoms with Gasteiger partial charge in [-0.25, -0.2) is 4.79 Å². The molecule has 2 aromatic carbocycles. The number of fused-ring (bicyclic) bond motifs is 1. The molecule has 7 nitrogen and oxygen atoms in total. The van der Waals surface area contributed by atoms with Crippen LogP contribution < -0.4 is 16.3 Å². The number of nitrogens with zero attached hydrogens (tertiary/aromatic N) is 1. The van der Waals surface area contributed by atoms with Crippen LogP contribution in [0.25, 0.3) is 22.1 Å². The Morgan fingerprint density at radius 1 is 1.22 bits per heavy atom. The van der Waals surface area contributed by atoms with E-state index in [1.807, 2.05) is 50.2 Å². The Labute approximate surface area is 214 Å². The van der Waals surface area contributed by atoms with Gasteiger partial charge in [0.15, 0.2) is 0 Å². The molecule has 0 aliphatic carbocycles. The predicted octanol–water partition coefficient (Wildman–Crippen LogP) is 4.15. The fourth-order valence-electron chi connectivity index (χ4n) is 4.79. The van der Waals surface area contributed by atoms with E-state index in [9.17, 15) is 14.9 Å². The normalized spacial score (nSPS) is 19.0. The summed E-state index contributed by atoms with van der Waals surface area (Å²) in [5.41, 5.74) is 2.93. The second-order valence-electron chi connectivity index (χ2n) is 9.29. The van der Waals surface area contributed by atoms with E-state index >= 15 is 0 Å². The molecule has 3 aromatic rings. The second kappa shape index (κ2) is 11.4. The Morgan fingerprint density at radius 2 is 1.97 bits per heavy atom. The summed E-state index contributed by atoms with van der Waals surface area (Å²) < 4.78 is 10.5. The molecule has 1 unspecified atom stereocenters. The number of nitrogens with one attached hydrogen (secondary N) is 2. The minimum Gasteiger partial charge on any atom is -0.416 e. The fraction of sp³-hybridized carbons (Fsp3) is 0.414. The standard InChI is InChI=1S/C27H25N3O4.C2H6.2H2/c28-14-23(30-26(32)22-13-27(16-33-17-27)9-10-29-15-22)11-18-1-3-19(4-2-18)20-5-7-24-21(12-20)6-8-25(31)34-24;1-2;;/h1-5,7,12,22-23,29H,9-11,13,15-17H2,(H,30,32);1-2H3;2*1H/t22?,23-;;;/m0.../s1. The highest BCUT2D eigenvalue weighted by atomic mass is 16.5. The number of nitriles is 1. The van der Waals surface area contributed by atoms with Crippen molar-refractivity contribution < 1.29 is 16.8 Å². The molecular weight excluding hydrogens is 454 g/mol. The number of ether oxygens (including phenoxy) is 1. The summed E-state index contributed by atoms with van der Waals surface area (Å²) in [4.78, 5) is 24.2. The third-order valence-corrected chi connectivity index (χ3v) is 6.77. The number of benzene rings is 2. The summed E-state index contributed by atoms with van der Waals surface area (Å²) in [6, 6.07) is 20.3. The summed E-state index contributed by atoms with van der Waals surface area (Å²) in [6.45, 7) is 6.96. The Hall–Kier alpha value is -3.65. The Balaban J connectivity index is 0.00000124. The summed E-state index contributed by atoms with van der Waals surface area (Å²) in [6.07, 6.45) is 2.25. The van der Waals surface area contributed by atoms with Gasteiger partial charge in [0.2, 0.25) is 5.91 Å². The largest absolute Gasteiger partial charge is 0.416 e. The van der Waals surface area contributed by atoms with E-state index in [4.69, 9.17) is 9.15 Å². The first-order valence-electron chi connectivity index (χ1n) is 12.5. The lowest BCUT2D eigenvalue weighted by Crippen LogP contribution is -2.47. The van der Waals surface area contributed by atoms with Gasteiger partial charge in [0, 0.05) is 27.3 Å². The molecule has 2 aliphatic heterocycles. The van der Waals surface area contributed by atoms with Crippen molar-refractivity contribution >= 4 is 16.9 Å². The van der Waals surface area contributed by atoms with Gasteiger partial charge < -0.3 is 19.8 Å². The van der Waals surface area contributed by atoms with Crippen molar-refractivity contribution in [3.63, 3.8) is 0 Å². The van der Waals surface area contributed by atoms with Crippen LogP contribution in [0, 0.1) is 34.8 Å². The van der Waals surface area contributed by atoms with Crippen LogP contribution in [0.15, 0.2) is 51.7 Å². The predicted molar refractivity (Wildman–Crippen MR) is 141 cm³/mol. The van der Waals surface area contributed by atoms with E-state index in [0.29, 0.717) is 37.1 Å². The quantitative estimate of drug-likeness (QED) is 0.558. The molecule has 3 heterocycles. The molecular formula is C29H35N3O4. The maximum atomic E-state index is 12.9. The lowest BCUT2D eigenvalue weighted by atomic mass is 9.75. The second-order valence-corrected chi connectivity index (χ2v) is 9.29. The third kappa shape index (κ3) is 5.76. The first kappa shape index (κ1) is 25.4. The molecule has 1 amide bonds. The Morgan fingerprint density at radius 3 is 2.67 bits per heavy atom. The van der Waals surface area contributed by atoms with Crippen molar-refractivity contribution in [1.29, 1.82) is 5.26 Å². The molecule has 2 saturated heterocycles. The first-order valence-corrected chi connectivity index (χ1v) is 12.5. The Kier molecular flexibility index (Phi) is 8.05. The number of carbonyl (C=O) groups excluding carboxylic acids is 1. The van der Waals surface area contributed by atoms with Gasteiger partial charge in [0.1, 0.15) is 11.6 Å². The summed E-state index contributed by atoms with van der Waals surface area (Å²) in [5.74, 6) is -0.226. The van der Waals surface area contributed by atoms with Crippen LogP contribution in [0.4, 0.5) is 0 Å². The zero-order valence-electron chi connectivity index (χ0n) is 20.7. The monoisotopic (exact) mass is 489 g/mol. The van der Waals surface area contributed by atoms with Crippen molar-refractivity contribution in [3.05, 3.63) is 70.6 Å². The first-order chi connectivity index (χ1) is 17.5. The van der Waals surface area contributed by atoms with E-state index in [-0.39, 0.29) is 20.1 Å². The van der Waals surface area contributed by atoms with Gasteiger partial charge in [0.25, 0.3) is 0 Å². The van der Waals surface area contributed by atoms with Gasteiger partial charge in [-0.05, 0) is 48.2 Å². The maximum Gasteiger partial charge on any atom is 0.390 e. The van der Waals surface area contributed by atoms with Crippen LogP contribution >= 0.6 is 0 Å². The number of amides is 1. The van der Waals surface area contributed by atoms with Crippen LogP contribution in [-0.4, -0.2) is 38.3 Å². The molecule has 0 bridgehead atoms.